The van der Waals surface area contributed by atoms with E-state index in [0.717, 1.165) is 0 Å². The molecule has 0 saturated carbocycles. The molecule has 0 amide bonds. The van der Waals surface area contributed by atoms with Gasteiger partial charge in [0, 0.05) is 6.08 Å². The molecule has 0 fully saturated rings. The Bertz CT molecular complexity index is 175. The summed E-state index contributed by atoms with van der Waals surface area (Å²) in [5.74, 6) is -1.64. The van der Waals surface area contributed by atoms with Crippen LogP contribution in [0.5, 0.6) is 0 Å². The maximum absolute atomic E-state index is 8.92. The summed E-state index contributed by atoms with van der Waals surface area (Å²) in [6, 6.07) is 0. The van der Waals surface area contributed by atoms with Gasteiger partial charge in [0.1, 0.15) is 5.16 Å². The molecule has 1 rings (SSSR count). The molecule has 1 heterocycles. The van der Waals surface area contributed by atoms with Crippen molar-refractivity contribution in [1.82, 2.24) is 5.32 Å². The highest BCUT2D eigenvalue weighted by molar-refractivity contribution is 6.30. The van der Waals surface area contributed by atoms with E-state index in [1.165, 1.54) is 12.4 Å². The van der Waals surface area contributed by atoms with Crippen LogP contribution in [-0.4, -0.2) is 17.3 Å². The molecule has 0 aromatic rings. The Labute approximate surface area is 57.0 Å². The number of nitrogens with one attached hydrogen (secondary N) is 1. The van der Waals surface area contributed by atoms with Crippen molar-refractivity contribution in [2.45, 2.75) is 5.85 Å². The lowest BCUT2D eigenvalue weighted by Crippen LogP contribution is -2.39. The van der Waals surface area contributed by atoms with E-state index in [9.17, 15) is 0 Å². The Kier molecular flexibility index (Phi) is 1.44. The van der Waals surface area contributed by atoms with Crippen LogP contribution in [0.25, 0.3) is 0 Å². The second kappa shape index (κ2) is 1.98. The standard InChI is InChI=1S/C4H6ClN3O/c5-3-1-4(6,9)8-2-7-3/h1-2,9H,6H2,(H,7,8). The lowest BCUT2D eigenvalue weighted by molar-refractivity contribution is 0.107. The van der Waals surface area contributed by atoms with Crippen molar-refractivity contribution in [2.24, 2.45) is 10.7 Å². The van der Waals surface area contributed by atoms with Gasteiger partial charge in [-0.3, -0.25) is 5.73 Å². The zero-order chi connectivity index (χ0) is 6.91. The van der Waals surface area contributed by atoms with Gasteiger partial charge in [0.25, 0.3) is 0 Å². The first kappa shape index (κ1) is 6.54. The van der Waals surface area contributed by atoms with Crippen molar-refractivity contribution in [2.75, 3.05) is 0 Å². The van der Waals surface area contributed by atoms with E-state index in [-0.39, 0.29) is 5.16 Å². The van der Waals surface area contributed by atoms with Gasteiger partial charge in [0.05, 0.1) is 6.34 Å². The third-order valence-electron chi connectivity index (χ3n) is 0.813. The number of aliphatic hydroxyl groups is 1. The summed E-state index contributed by atoms with van der Waals surface area (Å²) >= 11 is 5.42. The highest BCUT2D eigenvalue weighted by Gasteiger charge is 2.18. The number of hydrogen-bond donors (Lipinski definition) is 3. The van der Waals surface area contributed by atoms with E-state index in [1.807, 2.05) is 0 Å². The number of hydrogen-bond acceptors (Lipinski definition) is 4. The van der Waals surface area contributed by atoms with Gasteiger partial charge in [0.2, 0.25) is 5.85 Å². The number of halogens is 1. The van der Waals surface area contributed by atoms with Crippen LogP contribution in [0.2, 0.25) is 0 Å². The monoisotopic (exact) mass is 147 g/mol. The minimum Gasteiger partial charge on any atom is -0.354 e. The molecule has 50 valence electrons. The number of aliphatic imine (C=N–C) groups is 1. The Hall–Kier alpha value is -0.580. The molecule has 4 N–H and O–H groups in total. The summed E-state index contributed by atoms with van der Waals surface area (Å²) in [5.41, 5.74) is 5.12. The van der Waals surface area contributed by atoms with Crippen LogP contribution in [-0.2, 0) is 0 Å². The minimum atomic E-state index is -1.64. The molecule has 0 bridgehead atoms. The van der Waals surface area contributed by atoms with E-state index < -0.39 is 5.85 Å². The maximum Gasteiger partial charge on any atom is 0.235 e. The molecule has 1 atom stereocenters. The van der Waals surface area contributed by atoms with Gasteiger partial charge in [0.15, 0.2) is 0 Å². The molecule has 0 spiro atoms. The van der Waals surface area contributed by atoms with Gasteiger partial charge in [-0.2, -0.15) is 0 Å². The van der Waals surface area contributed by atoms with Crippen LogP contribution in [0, 0.1) is 0 Å². The minimum absolute atomic E-state index is 0.273. The van der Waals surface area contributed by atoms with Gasteiger partial charge in [-0.25, -0.2) is 4.99 Å². The van der Waals surface area contributed by atoms with Crippen molar-refractivity contribution in [3.05, 3.63) is 11.2 Å². The molecule has 0 aromatic carbocycles. The van der Waals surface area contributed by atoms with Crippen molar-refractivity contribution in [3.63, 3.8) is 0 Å². The molecule has 0 saturated heterocycles. The molecular formula is C4H6ClN3O. The Morgan fingerprint density at radius 1 is 1.89 bits per heavy atom. The highest BCUT2D eigenvalue weighted by atomic mass is 35.5. The zero-order valence-corrected chi connectivity index (χ0v) is 5.26. The Morgan fingerprint density at radius 2 is 2.56 bits per heavy atom. The first-order valence-electron chi connectivity index (χ1n) is 2.30. The fourth-order valence-electron chi connectivity index (χ4n) is 0.463. The van der Waals surface area contributed by atoms with E-state index in [0.29, 0.717) is 0 Å². The second-order valence-corrected chi connectivity index (χ2v) is 2.09. The molecule has 5 heteroatoms. The molecule has 1 aliphatic rings. The smallest absolute Gasteiger partial charge is 0.235 e. The van der Waals surface area contributed by atoms with Crippen molar-refractivity contribution in [1.29, 1.82) is 0 Å². The predicted octanol–water partition coefficient (Wildman–Crippen LogP) is -0.697. The van der Waals surface area contributed by atoms with Crippen molar-refractivity contribution >= 4 is 17.9 Å². The largest absolute Gasteiger partial charge is 0.354 e. The van der Waals surface area contributed by atoms with E-state index in [4.69, 9.17) is 22.4 Å². The van der Waals surface area contributed by atoms with Crippen molar-refractivity contribution < 1.29 is 5.11 Å². The van der Waals surface area contributed by atoms with Crippen LogP contribution in [0.3, 0.4) is 0 Å². The van der Waals surface area contributed by atoms with E-state index >= 15 is 0 Å². The summed E-state index contributed by atoms with van der Waals surface area (Å²) in [4.78, 5) is 3.45. The van der Waals surface area contributed by atoms with Gasteiger partial charge in [-0.1, -0.05) is 11.6 Å². The summed E-state index contributed by atoms with van der Waals surface area (Å²) in [7, 11) is 0. The van der Waals surface area contributed by atoms with Gasteiger partial charge < -0.3 is 10.4 Å². The van der Waals surface area contributed by atoms with Gasteiger partial charge >= 0.3 is 0 Å². The third kappa shape index (κ3) is 1.67. The Balaban J connectivity index is 2.78. The third-order valence-corrected chi connectivity index (χ3v) is 1.03. The van der Waals surface area contributed by atoms with E-state index in [1.54, 1.807) is 0 Å². The first-order valence-corrected chi connectivity index (χ1v) is 2.68. The molecular weight excluding hydrogens is 142 g/mol. The summed E-state index contributed by atoms with van der Waals surface area (Å²) in [6.45, 7) is 0. The summed E-state index contributed by atoms with van der Waals surface area (Å²) in [5, 5.41) is 11.7. The zero-order valence-electron chi connectivity index (χ0n) is 4.50. The summed E-state index contributed by atoms with van der Waals surface area (Å²) in [6.07, 6.45) is 2.44. The lowest BCUT2D eigenvalue weighted by atomic mass is 10.4. The van der Waals surface area contributed by atoms with Crippen LogP contribution in [0.4, 0.5) is 0 Å². The van der Waals surface area contributed by atoms with Crippen LogP contribution in [0.1, 0.15) is 0 Å². The predicted molar refractivity (Wildman–Crippen MR) is 34.7 cm³/mol. The average molecular weight is 148 g/mol. The lowest BCUT2D eigenvalue weighted by Gasteiger charge is -2.17. The van der Waals surface area contributed by atoms with Gasteiger partial charge in [-0.05, 0) is 0 Å². The fraction of sp³-hybridized carbons (Fsp3) is 0.250. The maximum atomic E-state index is 8.92. The van der Waals surface area contributed by atoms with Crippen LogP contribution >= 0.6 is 11.6 Å². The van der Waals surface area contributed by atoms with Crippen LogP contribution in [0.15, 0.2) is 16.2 Å². The number of nitrogens with two attached hydrogens (primary N) is 1. The topological polar surface area (TPSA) is 70.6 Å². The molecule has 0 aliphatic carbocycles. The van der Waals surface area contributed by atoms with Crippen LogP contribution < -0.4 is 11.1 Å². The average Bonchev–Trinajstić information content (AvgIpc) is 1.60. The second-order valence-electron chi connectivity index (χ2n) is 1.68. The normalized spacial score (nSPS) is 33.4. The Morgan fingerprint density at radius 3 is 2.89 bits per heavy atom. The van der Waals surface area contributed by atoms with E-state index in [2.05, 4.69) is 10.3 Å². The van der Waals surface area contributed by atoms with Gasteiger partial charge in [-0.15, -0.1) is 0 Å². The molecule has 1 unspecified atom stereocenters. The van der Waals surface area contributed by atoms with Crippen molar-refractivity contribution in [3.8, 4) is 0 Å². The SMILES string of the molecule is NC1(O)C=C(Cl)NC=N1. The molecule has 9 heavy (non-hydrogen) atoms. The fourth-order valence-corrected chi connectivity index (χ4v) is 0.672. The highest BCUT2D eigenvalue weighted by Crippen LogP contribution is 2.08. The molecule has 4 nitrogen and oxygen atoms in total. The quantitative estimate of drug-likeness (QED) is 0.314. The number of nitrogens with zero attached hydrogens (tertiary/aromatic N) is 1. The first-order chi connectivity index (χ1) is 4.10. The number of rotatable bonds is 0. The molecule has 1 aliphatic heterocycles. The summed E-state index contributed by atoms with van der Waals surface area (Å²) < 4.78 is 0. The molecule has 0 aromatic heterocycles. The molecule has 0 radical (unpaired) electrons.